The van der Waals surface area contributed by atoms with Crippen LogP contribution >= 0.6 is 11.3 Å². The molecular weight excluding hydrogens is 366 g/mol. The van der Waals surface area contributed by atoms with E-state index in [0.717, 1.165) is 11.3 Å². The number of hydrogen-bond acceptors (Lipinski definition) is 6. The number of esters is 1. The third-order valence-corrected chi connectivity index (χ3v) is 5.00. The van der Waals surface area contributed by atoms with E-state index in [9.17, 15) is 14.4 Å². The summed E-state index contributed by atoms with van der Waals surface area (Å²) in [6.45, 7) is 5.04. The van der Waals surface area contributed by atoms with Gasteiger partial charge in [-0.2, -0.15) is 0 Å². The van der Waals surface area contributed by atoms with Gasteiger partial charge in [0.15, 0.2) is 0 Å². The molecule has 8 heteroatoms. The number of benzene rings is 1. The fraction of sp³-hybridized carbons (Fsp3) is 0.263. The van der Waals surface area contributed by atoms with Crippen molar-refractivity contribution in [3.63, 3.8) is 0 Å². The molecule has 1 N–H and O–H groups in total. The first-order valence-electron chi connectivity index (χ1n) is 8.41. The minimum absolute atomic E-state index is 0.169. The van der Waals surface area contributed by atoms with Crippen molar-refractivity contribution in [2.45, 2.75) is 33.4 Å². The molecule has 0 spiro atoms. The predicted molar refractivity (Wildman–Crippen MR) is 104 cm³/mol. The summed E-state index contributed by atoms with van der Waals surface area (Å²) in [7, 11) is 0. The van der Waals surface area contributed by atoms with Crippen molar-refractivity contribution in [3.05, 3.63) is 57.5 Å². The molecule has 3 aromatic rings. The maximum absolute atomic E-state index is 12.8. The van der Waals surface area contributed by atoms with Crippen LogP contribution in [-0.4, -0.2) is 27.5 Å². The fourth-order valence-corrected chi connectivity index (χ4v) is 3.63. The Morgan fingerprint density at radius 1 is 1.26 bits per heavy atom. The highest BCUT2D eigenvalue weighted by molar-refractivity contribution is 7.20. The van der Waals surface area contributed by atoms with E-state index in [-0.39, 0.29) is 24.1 Å². The molecule has 27 heavy (non-hydrogen) atoms. The van der Waals surface area contributed by atoms with E-state index in [1.807, 2.05) is 18.2 Å². The Kier molecular flexibility index (Phi) is 5.36. The van der Waals surface area contributed by atoms with E-state index in [1.54, 1.807) is 32.9 Å². The Morgan fingerprint density at radius 2 is 1.96 bits per heavy atom. The highest BCUT2D eigenvalue weighted by Crippen LogP contribution is 2.27. The summed E-state index contributed by atoms with van der Waals surface area (Å²) in [5.41, 5.74) is 0.812. The quantitative estimate of drug-likeness (QED) is 0.682. The van der Waals surface area contributed by atoms with Crippen LogP contribution in [0.3, 0.4) is 0 Å². The SMILES string of the molecule is Cc1c(C(=O)OC(C)C)sc2ncn(CC(=O)Nc3ccccc3)c(=O)c12. The van der Waals surface area contributed by atoms with Crippen LogP contribution in [0.4, 0.5) is 5.69 Å². The zero-order chi connectivity index (χ0) is 19.6. The average Bonchev–Trinajstić information content (AvgIpc) is 2.95. The van der Waals surface area contributed by atoms with Crippen molar-refractivity contribution < 1.29 is 14.3 Å². The monoisotopic (exact) mass is 385 g/mol. The van der Waals surface area contributed by atoms with Crippen molar-refractivity contribution in [2.75, 3.05) is 5.32 Å². The topological polar surface area (TPSA) is 90.3 Å². The van der Waals surface area contributed by atoms with Gasteiger partial charge < -0.3 is 10.1 Å². The number of para-hydroxylation sites is 1. The molecule has 0 saturated heterocycles. The number of hydrogen-bond donors (Lipinski definition) is 1. The maximum Gasteiger partial charge on any atom is 0.348 e. The predicted octanol–water partition coefficient (Wildman–Crippen LogP) is 2.97. The highest BCUT2D eigenvalue weighted by atomic mass is 32.1. The summed E-state index contributed by atoms with van der Waals surface area (Å²) in [4.78, 5) is 42.3. The average molecular weight is 385 g/mol. The lowest BCUT2D eigenvalue weighted by Gasteiger charge is -2.07. The van der Waals surface area contributed by atoms with E-state index < -0.39 is 5.97 Å². The van der Waals surface area contributed by atoms with E-state index in [0.29, 0.717) is 26.3 Å². The molecule has 3 rings (SSSR count). The largest absolute Gasteiger partial charge is 0.459 e. The number of amides is 1. The first-order valence-corrected chi connectivity index (χ1v) is 9.23. The number of rotatable bonds is 5. The van der Waals surface area contributed by atoms with Gasteiger partial charge >= 0.3 is 5.97 Å². The van der Waals surface area contributed by atoms with Crippen molar-refractivity contribution in [1.82, 2.24) is 9.55 Å². The number of anilines is 1. The van der Waals surface area contributed by atoms with Crippen LogP contribution in [0.25, 0.3) is 10.2 Å². The van der Waals surface area contributed by atoms with Crippen molar-refractivity contribution in [1.29, 1.82) is 0 Å². The number of carbonyl (C=O) groups is 2. The minimum atomic E-state index is -0.474. The molecule has 0 saturated carbocycles. The Labute approximate surface area is 159 Å². The van der Waals surface area contributed by atoms with Crippen LogP contribution < -0.4 is 10.9 Å². The number of carbonyl (C=O) groups excluding carboxylic acids is 2. The first-order chi connectivity index (χ1) is 12.9. The van der Waals surface area contributed by atoms with Crippen LogP contribution in [0.15, 0.2) is 41.5 Å². The lowest BCUT2D eigenvalue weighted by Crippen LogP contribution is -2.27. The number of fused-ring (bicyclic) bond motifs is 1. The second-order valence-electron chi connectivity index (χ2n) is 6.28. The summed E-state index contributed by atoms with van der Waals surface area (Å²) >= 11 is 1.12. The highest BCUT2D eigenvalue weighted by Gasteiger charge is 2.21. The molecule has 0 unspecified atom stereocenters. The Balaban J connectivity index is 1.88. The molecule has 2 heterocycles. The molecular formula is C19H19N3O4S. The van der Waals surface area contributed by atoms with Crippen LogP contribution in [0.1, 0.15) is 29.1 Å². The molecule has 1 amide bonds. The van der Waals surface area contributed by atoms with Gasteiger partial charge in [-0.3, -0.25) is 14.2 Å². The lowest BCUT2D eigenvalue weighted by atomic mass is 10.2. The maximum atomic E-state index is 12.8. The van der Waals surface area contributed by atoms with E-state index >= 15 is 0 Å². The van der Waals surface area contributed by atoms with E-state index in [1.165, 1.54) is 10.9 Å². The standard InChI is InChI=1S/C19H19N3O4S/c1-11(2)26-19(25)16-12(3)15-17(27-16)20-10-22(18(15)24)9-14(23)21-13-7-5-4-6-8-13/h4-8,10-11H,9H2,1-3H3,(H,21,23). The molecule has 0 atom stereocenters. The van der Waals surface area contributed by atoms with Gasteiger partial charge in [0, 0.05) is 5.69 Å². The summed E-state index contributed by atoms with van der Waals surface area (Å²) in [6.07, 6.45) is 1.07. The number of aryl methyl sites for hydroxylation is 1. The van der Waals surface area contributed by atoms with Crippen LogP contribution in [0, 0.1) is 6.92 Å². The summed E-state index contributed by atoms with van der Waals surface area (Å²) < 4.78 is 6.45. The number of ether oxygens (including phenoxy) is 1. The number of nitrogens with one attached hydrogen (secondary N) is 1. The zero-order valence-electron chi connectivity index (χ0n) is 15.2. The Hall–Kier alpha value is -3.00. The minimum Gasteiger partial charge on any atom is -0.459 e. The number of nitrogens with zero attached hydrogens (tertiary/aromatic N) is 2. The normalized spacial score (nSPS) is 11.0. The van der Waals surface area contributed by atoms with Crippen molar-refractivity contribution in [3.8, 4) is 0 Å². The summed E-state index contributed by atoms with van der Waals surface area (Å²) in [5.74, 6) is -0.810. The molecule has 7 nitrogen and oxygen atoms in total. The lowest BCUT2D eigenvalue weighted by molar-refractivity contribution is -0.116. The van der Waals surface area contributed by atoms with Gasteiger partial charge in [0.2, 0.25) is 5.91 Å². The third-order valence-electron chi connectivity index (χ3n) is 3.82. The molecule has 2 aromatic heterocycles. The molecule has 0 radical (unpaired) electrons. The zero-order valence-corrected chi connectivity index (χ0v) is 16.0. The Morgan fingerprint density at radius 3 is 2.63 bits per heavy atom. The summed E-state index contributed by atoms with van der Waals surface area (Å²) in [5, 5.41) is 3.07. The first kappa shape index (κ1) is 18.8. The van der Waals surface area contributed by atoms with Gasteiger partial charge in [-0.15, -0.1) is 11.3 Å². The smallest absolute Gasteiger partial charge is 0.348 e. The van der Waals surface area contributed by atoms with Crippen molar-refractivity contribution >= 4 is 39.1 Å². The van der Waals surface area contributed by atoms with Gasteiger partial charge in [0.1, 0.15) is 16.3 Å². The third kappa shape index (κ3) is 4.06. The van der Waals surface area contributed by atoms with Crippen molar-refractivity contribution in [2.24, 2.45) is 0 Å². The molecule has 0 fully saturated rings. The Bertz CT molecular complexity index is 1050. The van der Waals surface area contributed by atoms with Gasteiger partial charge in [0.25, 0.3) is 5.56 Å². The van der Waals surface area contributed by atoms with Crippen LogP contribution in [0.5, 0.6) is 0 Å². The van der Waals surface area contributed by atoms with Gasteiger partial charge in [0.05, 0.1) is 17.8 Å². The second kappa shape index (κ2) is 7.71. The molecule has 0 aliphatic carbocycles. The molecule has 0 aliphatic heterocycles. The number of thiophene rings is 1. The molecule has 140 valence electrons. The summed E-state index contributed by atoms with van der Waals surface area (Å²) in [6, 6.07) is 8.98. The number of aromatic nitrogens is 2. The van der Waals surface area contributed by atoms with Crippen LogP contribution in [0.2, 0.25) is 0 Å². The van der Waals surface area contributed by atoms with Gasteiger partial charge in [-0.25, -0.2) is 9.78 Å². The van der Waals surface area contributed by atoms with Gasteiger partial charge in [-0.05, 0) is 38.5 Å². The molecule has 0 aliphatic rings. The van der Waals surface area contributed by atoms with Crippen LogP contribution in [-0.2, 0) is 16.1 Å². The fourth-order valence-electron chi connectivity index (χ4n) is 2.61. The van der Waals surface area contributed by atoms with Gasteiger partial charge in [-0.1, -0.05) is 18.2 Å². The molecule has 1 aromatic carbocycles. The van der Waals surface area contributed by atoms with E-state index in [4.69, 9.17) is 4.74 Å². The molecule has 0 bridgehead atoms. The second-order valence-corrected chi connectivity index (χ2v) is 7.28. The van der Waals surface area contributed by atoms with E-state index in [2.05, 4.69) is 10.3 Å².